The van der Waals surface area contributed by atoms with Crippen LogP contribution in [0.25, 0.3) is 0 Å². The van der Waals surface area contributed by atoms with Crippen LogP contribution < -0.4 is 10.2 Å². The number of hydrogen-bond acceptors (Lipinski definition) is 3. The van der Waals surface area contributed by atoms with Crippen LogP contribution in [0.4, 0.5) is 5.69 Å². The Labute approximate surface area is 155 Å². The van der Waals surface area contributed by atoms with E-state index in [9.17, 15) is 9.59 Å². The number of benzene rings is 1. The van der Waals surface area contributed by atoms with E-state index in [1.807, 2.05) is 45.0 Å². The quantitative estimate of drug-likeness (QED) is 0.838. The molecule has 0 bridgehead atoms. The van der Waals surface area contributed by atoms with Gasteiger partial charge in [0.15, 0.2) is 0 Å². The molecule has 1 aromatic rings. The van der Waals surface area contributed by atoms with Gasteiger partial charge in [0.05, 0.1) is 0 Å². The summed E-state index contributed by atoms with van der Waals surface area (Å²) < 4.78 is 0. The second-order valence-electron chi connectivity index (χ2n) is 8.09. The number of nitrogens with one attached hydrogen (secondary N) is 1. The van der Waals surface area contributed by atoms with Gasteiger partial charge in [-0.25, -0.2) is 0 Å². The number of rotatable bonds is 3. The minimum absolute atomic E-state index is 0.125. The van der Waals surface area contributed by atoms with E-state index in [2.05, 4.69) is 10.2 Å². The molecule has 1 heterocycles. The van der Waals surface area contributed by atoms with Crippen LogP contribution in [-0.2, 0) is 9.59 Å². The summed E-state index contributed by atoms with van der Waals surface area (Å²) in [5.41, 5.74) is -0.380. The molecule has 6 heteroatoms. The van der Waals surface area contributed by atoms with Gasteiger partial charge in [-0.15, -0.1) is 0 Å². The number of nitrogens with zero attached hydrogens (tertiary/aromatic N) is 2. The van der Waals surface area contributed by atoms with E-state index in [1.54, 1.807) is 18.7 Å². The van der Waals surface area contributed by atoms with Crippen molar-refractivity contribution in [2.75, 3.05) is 31.1 Å². The molecule has 0 spiro atoms. The van der Waals surface area contributed by atoms with Crippen molar-refractivity contribution in [2.45, 2.75) is 40.2 Å². The Balaban J connectivity index is 1.99. The van der Waals surface area contributed by atoms with E-state index < -0.39 is 5.41 Å². The van der Waals surface area contributed by atoms with Gasteiger partial charge in [0.25, 0.3) is 0 Å². The van der Waals surface area contributed by atoms with Crippen molar-refractivity contribution in [3.05, 3.63) is 29.3 Å². The van der Waals surface area contributed by atoms with Crippen LogP contribution in [0.1, 0.15) is 34.6 Å². The van der Waals surface area contributed by atoms with E-state index in [-0.39, 0.29) is 17.4 Å². The van der Waals surface area contributed by atoms with E-state index in [1.165, 1.54) is 0 Å². The molecule has 1 N–H and O–H groups in total. The Morgan fingerprint density at radius 1 is 1.04 bits per heavy atom. The second-order valence-corrected chi connectivity index (χ2v) is 8.52. The Bertz CT molecular complexity index is 644. The van der Waals surface area contributed by atoms with Crippen LogP contribution in [0.2, 0.25) is 5.02 Å². The molecule has 0 unspecified atom stereocenters. The monoisotopic (exact) mass is 365 g/mol. The van der Waals surface area contributed by atoms with Gasteiger partial charge >= 0.3 is 0 Å². The van der Waals surface area contributed by atoms with E-state index in [0.717, 1.165) is 18.8 Å². The van der Waals surface area contributed by atoms with Gasteiger partial charge < -0.3 is 15.1 Å². The molecule has 5 nitrogen and oxygen atoms in total. The van der Waals surface area contributed by atoms with Crippen LogP contribution in [0.3, 0.4) is 0 Å². The molecular weight excluding hydrogens is 338 g/mol. The van der Waals surface area contributed by atoms with Crippen LogP contribution in [0.5, 0.6) is 0 Å². The molecule has 1 aliphatic heterocycles. The fourth-order valence-corrected chi connectivity index (χ4v) is 3.01. The average molecular weight is 366 g/mol. The largest absolute Gasteiger partial charge is 0.368 e. The van der Waals surface area contributed by atoms with Crippen molar-refractivity contribution in [3.63, 3.8) is 0 Å². The van der Waals surface area contributed by atoms with Crippen molar-refractivity contribution in [1.82, 2.24) is 10.2 Å². The molecule has 1 saturated heterocycles. The van der Waals surface area contributed by atoms with Crippen molar-refractivity contribution >= 4 is 29.1 Å². The predicted octanol–water partition coefficient (Wildman–Crippen LogP) is 2.93. The average Bonchev–Trinajstić information content (AvgIpc) is 2.52. The highest BCUT2D eigenvalue weighted by Gasteiger charge is 2.41. The van der Waals surface area contributed by atoms with Gasteiger partial charge in [-0.2, -0.15) is 0 Å². The summed E-state index contributed by atoms with van der Waals surface area (Å²) in [7, 11) is 0. The summed E-state index contributed by atoms with van der Waals surface area (Å²) in [5, 5.41) is 3.61. The standard InChI is InChI=1S/C19H28ClN3O2/c1-18(2,3)21-16(24)19(4,5)17(25)23-11-9-22(10-12-23)15-8-6-7-14(20)13-15/h6-8,13H,9-12H2,1-5H3,(H,21,24). The van der Waals surface area contributed by atoms with Crippen molar-refractivity contribution in [3.8, 4) is 0 Å². The maximum Gasteiger partial charge on any atom is 0.237 e. The lowest BCUT2D eigenvalue weighted by Gasteiger charge is -2.39. The molecule has 0 atom stereocenters. The summed E-state index contributed by atoms with van der Waals surface area (Å²) in [6, 6.07) is 7.72. The van der Waals surface area contributed by atoms with E-state index in [0.29, 0.717) is 18.1 Å². The molecule has 0 aliphatic carbocycles. The maximum atomic E-state index is 12.9. The predicted molar refractivity (Wildman–Crippen MR) is 102 cm³/mol. The summed E-state index contributed by atoms with van der Waals surface area (Å²) in [6.45, 7) is 11.8. The first-order valence-electron chi connectivity index (χ1n) is 8.63. The topological polar surface area (TPSA) is 52.7 Å². The Morgan fingerprint density at radius 3 is 2.16 bits per heavy atom. The molecular formula is C19H28ClN3O2. The molecule has 1 fully saturated rings. The lowest BCUT2D eigenvalue weighted by molar-refractivity contribution is -0.149. The maximum absolute atomic E-state index is 12.9. The number of carbonyl (C=O) groups excluding carboxylic acids is 2. The van der Waals surface area contributed by atoms with Crippen molar-refractivity contribution < 1.29 is 9.59 Å². The fourth-order valence-electron chi connectivity index (χ4n) is 2.83. The zero-order valence-corrected chi connectivity index (χ0v) is 16.5. The summed E-state index contributed by atoms with van der Waals surface area (Å²) >= 11 is 6.05. The lowest BCUT2D eigenvalue weighted by Crippen LogP contribution is -2.57. The first kappa shape index (κ1) is 19.6. The molecule has 25 heavy (non-hydrogen) atoms. The highest BCUT2D eigenvalue weighted by Crippen LogP contribution is 2.24. The molecule has 0 radical (unpaired) electrons. The van der Waals surface area contributed by atoms with E-state index >= 15 is 0 Å². The van der Waals surface area contributed by atoms with Gasteiger partial charge in [-0.05, 0) is 52.8 Å². The zero-order chi connectivity index (χ0) is 18.8. The summed E-state index contributed by atoms with van der Waals surface area (Å²) in [5.74, 6) is -0.359. The Hall–Kier alpha value is -1.75. The minimum atomic E-state index is -1.08. The summed E-state index contributed by atoms with van der Waals surface area (Å²) in [6.07, 6.45) is 0. The number of amides is 2. The number of piperazine rings is 1. The van der Waals surface area contributed by atoms with Gasteiger partial charge in [0.2, 0.25) is 11.8 Å². The van der Waals surface area contributed by atoms with Crippen LogP contribution in [-0.4, -0.2) is 48.4 Å². The molecule has 1 aliphatic rings. The molecule has 138 valence electrons. The molecule has 2 amide bonds. The van der Waals surface area contributed by atoms with Gasteiger partial charge in [0.1, 0.15) is 5.41 Å². The number of anilines is 1. The number of hydrogen-bond donors (Lipinski definition) is 1. The van der Waals surface area contributed by atoms with Gasteiger partial charge in [-0.1, -0.05) is 17.7 Å². The molecule has 0 aromatic heterocycles. The highest BCUT2D eigenvalue weighted by atomic mass is 35.5. The number of carbonyl (C=O) groups is 2. The number of halogens is 1. The van der Waals surface area contributed by atoms with Crippen LogP contribution in [0.15, 0.2) is 24.3 Å². The first-order valence-corrected chi connectivity index (χ1v) is 9.01. The lowest BCUT2D eigenvalue weighted by atomic mass is 9.88. The normalized spacial score (nSPS) is 15.9. The molecule has 2 rings (SSSR count). The van der Waals surface area contributed by atoms with E-state index in [4.69, 9.17) is 11.6 Å². The third kappa shape index (κ3) is 4.88. The molecule has 1 aromatic carbocycles. The van der Waals surface area contributed by atoms with Crippen molar-refractivity contribution in [1.29, 1.82) is 0 Å². The smallest absolute Gasteiger partial charge is 0.237 e. The van der Waals surface area contributed by atoms with Crippen molar-refractivity contribution in [2.24, 2.45) is 5.41 Å². The Kier molecular flexibility index (Phi) is 5.67. The van der Waals surface area contributed by atoms with Crippen LogP contribution >= 0.6 is 11.6 Å². The minimum Gasteiger partial charge on any atom is -0.368 e. The second kappa shape index (κ2) is 7.24. The first-order chi connectivity index (χ1) is 11.5. The Morgan fingerprint density at radius 2 is 1.64 bits per heavy atom. The summed E-state index contributed by atoms with van der Waals surface area (Å²) in [4.78, 5) is 29.4. The zero-order valence-electron chi connectivity index (χ0n) is 15.7. The van der Waals surface area contributed by atoms with Gasteiger partial charge in [-0.3, -0.25) is 9.59 Å². The SMILES string of the molecule is CC(C)(C)NC(=O)C(C)(C)C(=O)N1CCN(c2cccc(Cl)c2)CC1. The fraction of sp³-hybridized carbons (Fsp3) is 0.579. The van der Waals surface area contributed by atoms with Gasteiger partial charge in [0, 0.05) is 42.4 Å². The van der Waals surface area contributed by atoms with Crippen LogP contribution in [0, 0.1) is 5.41 Å². The highest BCUT2D eigenvalue weighted by molar-refractivity contribution is 6.30. The third-order valence-electron chi connectivity index (χ3n) is 4.33. The molecule has 0 saturated carbocycles. The third-order valence-corrected chi connectivity index (χ3v) is 4.57.